The largest absolute Gasteiger partial charge is 0.339 e. The fraction of sp³-hybridized carbons (Fsp3) is 0.579. The monoisotopic (exact) mass is 365 g/mol. The Kier molecular flexibility index (Phi) is 7.72. The van der Waals surface area contributed by atoms with Gasteiger partial charge in [0.1, 0.15) is 0 Å². The number of carbonyl (C=O) groups excluding carboxylic acids is 2. The van der Waals surface area contributed by atoms with Crippen molar-refractivity contribution in [1.82, 2.24) is 15.1 Å². The van der Waals surface area contributed by atoms with E-state index in [4.69, 9.17) is 0 Å². The van der Waals surface area contributed by atoms with Crippen LogP contribution in [-0.2, 0) is 4.79 Å². The molecule has 2 aliphatic rings. The Morgan fingerprint density at radius 1 is 0.960 bits per heavy atom. The van der Waals surface area contributed by atoms with Gasteiger partial charge in [0.2, 0.25) is 5.91 Å². The maximum absolute atomic E-state index is 12.4. The number of rotatable bonds is 4. The molecule has 1 aromatic rings. The number of carbonyl (C=O) groups is 2. The number of piperidine rings is 1. The minimum absolute atomic E-state index is 0. The van der Waals surface area contributed by atoms with Crippen molar-refractivity contribution in [2.75, 3.05) is 39.3 Å². The number of amides is 2. The van der Waals surface area contributed by atoms with Crippen molar-refractivity contribution in [3.63, 3.8) is 0 Å². The van der Waals surface area contributed by atoms with Crippen molar-refractivity contribution in [3.05, 3.63) is 35.9 Å². The lowest BCUT2D eigenvalue weighted by Gasteiger charge is -2.35. The molecule has 3 rings (SSSR count). The summed E-state index contributed by atoms with van der Waals surface area (Å²) < 4.78 is 0. The molecule has 0 aliphatic carbocycles. The van der Waals surface area contributed by atoms with E-state index in [1.54, 1.807) is 0 Å². The van der Waals surface area contributed by atoms with Gasteiger partial charge in [0, 0.05) is 38.2 Å². The molecule has 2 fully saturated rings. The topological polar surface area (TPSA) is 52.7 Å². The molecule has 0 saturated carbocycles. The molecule has 2 amide bonds. The van der Waals surface area contributed by atoms with Gasteiger partial charge in [-0.1, -0.05) is 18.2 Å². The van der Waals surface area contributed by atoms with Gasteiger partial charge in [-0.15, -0.1) is 12.4 Å². The molecule has 5 nitrogen and oxygen atoms in total. The second kappa shape index (κ2) is 9.78. The first kappa shape index (κ1) is 19.7. The fourth-order valence-electron chi connectivity index (χ4n) is 3.58. The van der Waals surface area contributed by atoms with Gasteiger partial charge in [-0.2, -0.15) is 0 Å². The minimum Gasteiger partial charge on any atom is -0.339 e. The maximum atomic E-state index is 12.4. The highest BCUT2D eigenvalue weighted by Crippen LogP contribution is 2.19. The summed E-state index contributed by atoms with van der Waals surface area (Å²) in [5.41, 5.74) is 0.725. The standard InChI is InChI=1S/C19H27N3O2.ClH/c23-18(7-6-16-8-10-20-11-9-16)21-12-14-22(15-13-21)19(24)17-4-2-1-3-5-17;/h1-5,16,20H,6-15H2;1H. The molecule has 25 heavy (non-hydrogen) atoms. The molecule has 0 radical (unpaired) electrons. The van der Waals surface area contributed by atoms with E-state index in [2.05, 4.69) is 5.32 Å². The van der Waals surface area contributed by atoms with Gasteiger partial charge in [-0.3, -0.25) is 9.59 Å². The smallest absolute Gasteiger partial charge is 0.253 e. The summed E-state index contributed by atoms with van der Waals surface area (Å²) in [6.07, 6.45) is 4.03. The van der Waals surface area contributed by atoms with E-state index in [-0.39, 0.29) is 24.2 Å². The minimum atomic E-state index is 0. The molecule has 0 bridgehead atoms. The van der Waals surface area contributed by atoms with Crippen LogP contribution in [0.1, 0.15) is 36.0 Å². The lowest BCUT2D eigenvalue weighted by molar-refractivity contribution is -0.133. The zero-order valence-electron chi connectivity index (χ0n) is 14.7. The van der Waals surface area contributed by atoms with Crippen LogP contribution >= 0.6 is 12.4 Å². The number of nitrogens with one attached hydrogen (secondary N) is 1. The predicted molar refractivity (Wildman–Crippen MR) is 101 cm³/mol. The molecule has 1 aromatic carbocycles. The lowest BCUT2D eigenvalue weighted by atomic mass is 9.93. The molecule has 2 heterocycles. The summed E-state index contributed by atoms with van der Waals surface area (Å²) in [4.78, 5) is 28.6. The molecular formula is C19H28ClN3O2. The van der Waals surface area contributed by atoms with Gasteiger partial charge in [0.05, 0.1) is 0 Å². The molecule has 0 atom stereocenters. The SMILES string of the molecule is Cl.O=C(CCC1CCNCC1)N1CCN(C(=O)c2ccccc2)CC1. The van der Waals surface area contributed by atoms with Gasteiger partial charge in [0.25, 0.3) is 5.91 Å². The highest BCUT2D eigenvalue weighted by atomic mass is 35.5. The Morgan fingerprint density at radius 3 is 2.20 bits per heavy atom. The van der Waals surface area contributed by atoms with Crippen molar-refractivity contribution < 1.29 is 9.59 Å². The Balaban J connectivity index is 0.00000225. The van der Waals surface area contributed by atoms with Crippen molar-refractivity contribution in [1.29, 1.82) is 0 Å². The Hall–Kier alpha value is -1.59. The van der Waals surface area contributed by atoms with Crippen LogP contribution < -0.4 is 5.32 Å². The summed E-state index contributed by atoms with van der Waals surface area (Å²) in [7, 11) is 0. The summed E-state index contributed by atoms with van der Waals surface area (Å²) in [6, 6.07) is 9.37. The van der Waals surface area contributed by atoms with Crippen molar-refractivity contribution in [3.8, 4) is 0 Å². The Bertz CT molecular complexity index is 553. The van der Waals surface area contributed by atoms with E-state index in [9.17, 15) is 9.59 Å². The molecule has 138 valence electrons. The lowest BCUT2D eigenvalue weighted by Crippen LogP contribution is -2.50. The average Bonchev–Trinajstić information content (AvgIpc) is 2.67. The molecular weight excluding hydrogens is 338 g/mol. The first-order chi connectivity index (χ1) is 11.7. The number of hydrogen-bond donors (Lipinski definition) is 1. The van der Waals surface area contributed by atoms with Gasteiger partial charge in [-0.25, -0.2) is 0 Å². The number of benzene rings is 1. The first-order valence-corrected chi connectivity index (χ1v) is 9.07. The summed E-state index contributed by atoms with van der Waals surface area (Å²) >= 11 is 0. The van der Waals surface area contributed by atoms with Crippen LogP contribution in [0, 0.1) is 5.92 Å². The van der Waals surface area contributed by atoms with Gasteiger partial charge >= 0.3 is 0 Å². The van der Waals surface area contributed by atoms with Crippen LogP contribution in [0.3, 0.4) is 0 Å². The fourth-order valence-corrected chi connectivity index (χ4v) is 3.58. The summed E-state index contributed by atoms with van der Waals surface area (Å²) in [5.74, 6) is 1.01. The van der Waals surface area contributed by atoms with E-state index in [1.807, 2.05) is 40.1 Å². The zero-order chi connectivity index (χ0) is 16.8. The van der Waals surface area contributed by atoms with Gasteiger partial charge < -0.3 is 15.1 Å². The molecule has 1 N–H and O–H groups in total. The molecule has 0 spiro atoms. The predicted octanol–water partition coefficient (Wildman–Crippen LogP) is 2.17. The Morgan fingerprint density at radius 2 is 1.56 bits per heavy atom. The average molecular weight is 366 g/mol. The van der Waals surface area contributed by atoms with Crippen molar-refractivity contribution in [2.24, 2.45) is 5.92 Å². The highest BCUT2D eigenvalue weighted by molar-refractivity contribution is 5.94. The normalized spacial score (nSPS) is 18.6. The number of hydrogen-bond acceptors (Lipinski definition) is 3. The van der Waals surface area contributed by atoms with Crippen LogP contribution in [0.15, 0.2) is 30.3 Å². The number of halogens is 1. The zero-order valence-corrected chi connectivity index (χ0v) is 15.5. The second-order valence-corrected chi connectivity index (χ2v) is 6.77. The van der Waals surface area contributed by atoms with E-state index in [1.165, 1.54) is 12.8 Å². The molecule has 2 aliphatic heterocycles. The first-order valence-electron chi connectivity index (χ1n) is 9.07. The van der Waals surface area contributed by atoms with E-state index >= 15 is 0 Å². The van der Waals surface area contributed by atoms with Crippen molar-refractivity contribution in [2.45, 2.75) is 25.7 Å². The van der Waals surface area contributed by atoms with Gasteiger partial charge in [-0.05, 0) is 50.4 Å². The van der Waals surface area contributed by atoms with Crippen LogP contribution in [0.5, 0.6) is 0 Å². The maximum Gasteiger partial charge on any atom is 0.253 e. The summed E-state index contributed by atoms with van der Waals surface area (Å²) in [5, 5.41) is 3.36. The summed E-state index contributed by atoms with van der Waals surface area (Å²) in [6.45, 7) is 4.74. The quantitative estimate of drug-likeness (QED) is 0.889. The highest BCUT2D eigenvalue weighted by Gasteiger charge is 2.25. The van der Waals surface area contributed by atoms with E-state index in [0.717, 1.165) is 25.1 Å². The van der Waals surface area contributed by atoms with Gasteiger partial charge in [0.15, 0.2) is 0 Å². The van der Waals surface area contributed by atoms with Crippen molar-refractivity contribution >= 4 is 24.2 Å². The van der Waals surface area contributed by atoms with E-state index in [0.29, 0.717) is 38.5 Å². The van der Waals surface area contributed by atoms with Crippen LogP contribution in [0.4, 0.5) is 0 Å². The molecule has 6 heteroatoms. The third-order valence-corrected chi connectivity index (χ3v) is 5.17. The Labute approximate surface area is 156 Å². The third-order valence-electron chi connectivity index (χ3n) is 5.17. The number of nitrogens with zero attached hydrogens (tertiary/aromatic N) is 2. The molecule has 0 unspecified atom stereocenters. The number of piperazine rings is 1. The van der Waals surface area contributed by atoms with Crippen LogP contribution in [-0.4, -0.2) is 60.9 Å². The third kappa shape index (κ3) is 5.44. The molecule has 0 aromatic heterocycles. The van der Waals surface area contributed by atoms with Crippen LogP contribution in [0.2, 0.25) is 0 Å². The second-order valence-electron chi connectivity index (χ2n) is 6.77. The molecule has 2 saturated heterocycles. The van der Waals surface area contributed by atoms with E-state index < -0.39 is 0 Å². The van der Waals surface area contributed by atoms with Crippen LogP contribution in [0.25, 0.3) is 0 Å².